The number of nitrogens with two attached hydrogens (primary N) is 1. The molecule has 4 nitrogen and oxygen atoms in total. The van der Waals surface area contributed by atoms with Gasteiger partial charge in [-0.1, -0.05) is 12.2 Å². The van der Waals surface area contributed by atoms with E-state index in [0.717, 1.165) is 6.54 Å². The first-order valence-corrected chi connectivity index (χ1v) is 5.57. The fraction of sp³-hybridized carbons (Fsp3) is 0.900. The first-order chi connectivity index (χ1) is 7.07. The third-order valence-corrected chi connectivity index (χ3v) is 2.17. The molecular formula is C10H22N2O2S. The van der Waals surface area contributed by atoms with Gasteiger partial charge in [-0.25, -0.2) is 0 Å². The van der Waals surface area contributed by atoms with Crippen molar-refractivity contribution >= 4 is 17.2 Å². The second kappa shape index (κ2) is 9.03. The first kappa shape index (κ1) is 14.8. The molecule has 0 amide bonds. The Hall–Kier alpha value is -0.230. The van der Waals surface area contributed by atoms with Crippen molar-refractivity contribution in [3.63, 3.8) is 0 Å². The molecule has 15 heavy (non-hydrogen) atoms. The predicted molar refractivity (Wildman–Crippen MR) is 66.2 cm³/mol. The number of methoxy groups -OCH3 is 1. The molecule has 90 valence electrons. The lowest BCUT2D eigenvalue weighted by molar-refractivity contribution is 0.0552. The standard InChI is InChI=1S/C10H22N2O2S/c1-9(2)12(8-10(11)15)4-5-14-7-6-13-3/h9H,4-8H2,1-3H3,(H2,11,15). The molecule has 0 aromatic carbocycles. The van der Waals surface area contributed by atoms with Gasteiger partial charge in [0.2, 0.25) is 0 Å². The van der Waals surface area contributed by atoms with Gasteiger partial charge in [-0.3, -0.25) is 4.90 Å². The zero-order valence-corrected chi connectivity index (χ0v) is 10.7. The van der Waals surface area contributed by atoms with Crippen molar-refractivity contribution < 1.29 is 9.47 Å². The molecule has 0 aliphatic carbocycles. The van der Waals surface area contributed by atoms with Crippen LogP contribution in [0.5, 0.6) is 0 Å². The average Bonchev–Trinajstić information content (AvgIpc) is 2.15. The molecule has 0 radical (unpaired) electrons. The molecule has 0 aliphatic heterocycles. The van der Waals surface area contributed by atoms with E-state index in [2.05, 4.69) is 18.7 Å². The SMILES string of the molecule is COCCOCCN(CC(N)=S)C(C)C. The monoisotopic (exact) mass is 234 g/mol. The van der Waals surface area contributed by atoms with Crippen LogP contribution in [0, 0.1) is 0 Å². The summed E-state index contributed by atoms with van der Waals surface area (Å²) in [6, 6.07) is 0.428. The Morgan fingerprint density at radius 1 is 1.33 bits per heavy atom. The summed E-state index contributed by atoms with van der Waals surface area (Å²) in [6.45, 7) is 7.69. The highest BCUT2D eigenvalue weighted by Gasteiger charge is 2.09. The average molecular weight is 234 g/mol. The summed E-state index contributed by atoms with van der Waals surface area (Å²) in [5, 5.41) is 0. The van der Waals surface area contributed by atoms with Gasteiger partial charge in [-0.05, 0) is 13.8 Å². The Morgan fingerprint density at radius 3 is 2.47 bits per heavy atom. The van der Waals surface area contributed by atoms with Crippen molar-refractivity contribution in [3.8, 4) is 0 Å². The van der Waals surface area contributed by atoms with Crippen LogP contribution in [0.1, 0.15) is 13.8 Å². The molecule has 0 aromatic rings. The minimum absolute atomic E-state index is 0.428. The molecule has 0 atom stereocenters. The van der Waals surface area contributed by atoms with Crippen LogP contribution in [0.2, 0.25) is 0 Å². The minimum Gasteiger partial charge on any atom is -0.392 e. The molecule has 0 bridgehead atoms. The van der Waals surface area contributed by atoms with Crippen LogP contribution in [0.4, 0.5) is 0 Å². The highest BCUT2D eigenvalue weighted by molar-refractivity contribution is 7.80. The molecule has 0 saturated heterocycles. The maximum Gasteiger partial charge on any atom is 0.0870 e. The maximum atomic E-state index is 5.51. The van der Waals surface area contributed by atoms with E-state index in [-0.39, 0.29) is 0 Å². The molecule has 0 aromatic heterocycles. The van der Waals surface area contributed by atoms with Gasteiger partial charge in [0.05, 0.1) is 24.8 Å². The van der Waals surface area contributed by atoms with Crippen LogP contribution in [0.3, 0.4) is 0 Å². The number of nitrogens with zero attached hydrogens (tertiary/aromatic N) is 1. The van der Waals surface area contributed by atoms with E-state index >= 15 is 0 Å². The van der Waals surface area contributed by atoms with E-state index in [1.165, 1.54) is 0 Å². The van der Waals surface area contributed by atoms with Crippen molar-refractivity contribution in [3.05, 3.63) is 0 Å². The zero-order chi connectivity index (χ0) is 11.7. The highest BCUT2D eigenvalue weighted by atomic mass is 32.1. The third-order valence-electron chi connectivity index (χ3n) is 2.04. The summed E-state index contributed by atoms with van der Waals surface area (Å²) >= 11 is 4.89. The Balaban J connectivity index is 3.62. The van der Waals surface area contributed by atoms with E-state index in [1.54, 1.807) is 7.11 Å². The second-order valence-corrected chi connectivity index (χ2v) is 4.16. The fourth-order valence-electron chi connectivity index (χ4n) is 1.15. The van der Waals surface area contributed by atoms with E-state index < -0.39 is 0 Å². The number of thiocarbonyl (C=S) groups is 1. The fourth-order valence-corrected chi connectivity index (χ4v) is 1.31. The van der Waals surface area contributed by atoms with Gasteiger partial charge in [0.15, 0.2) is 0 Å². The zero-order valence-electron chi connectivity index (χ0n) is 9.86. The van der Waals surface area contributed by atoms with Crippen molar-refractivity contribution in [2.24, 2.45) is 5.73 Å². The molecule has 0 aliphatic rings. The molecule has 0 unspecified atom stereocenters. The van der Waals surface area contributed by atoms with Gasteiger partial charge in [0.1, 0.15) is 0 Å². The summed E-state index contributed by atoms with van der Waals surface area (Å²) in [6.07, 6.45) is 0. The van der Waals surface area contributed by atoms with Gasteiger partial charge < -0.3 is 15.2 Å². The lowest BCUT2D eigenvalue weighted by Crippen LogP contribution is -2.39. The van der Waals surface area contributed by atoms with E-state index in [4.69, 9.17) is 27.4 Å². The molecule has 0 rings (SSSR count). The Morgan fingerprint density at radius 2 is 2.00 bits per heavy atom. The molecule has 0 spiro atoms. The summed E-state index contributed by atoms with van der Waals surface area (Å²) in [7, 11) is 1.66. The Kier molecular flexibility index (Phi) is 8.89. The van der Waals surface area contributed by atoms with Crippen LogP contribution in [-0.4, -0.2) is 56.0 Å². The van der Waals surface area contributed by atoms with Gasteiger partial charge in [-0.15, -0.1) is 0 Å². The number of hydrogen-bond acceptors (Lipinski definition) is 4. The second-order valence-electron chi connectivity index (χ2n) is 3.64. The molecule has 0 heterocycles. The normalized spacial score (nSPS) is 11.3. The number of rotatable bonds is 9. The van der Waals surface area contributed by atoms with Gasteiger partial charge in [-0.2, -0.15) is 0 Å². The van der Waals surface area contributed by atoms with Crippen LogP contribution in [-0.2, 0) is 9.47 Å². The van der Waals surface area contributed by atoms with Crippen LogP contribution in [0.25, 0.3) is 0 Å². The molecule has 0 saturated carbocycles. The maximum absolute atomic E-state index is 5.51. The smallest absolute Gasteiger partial charge is 0.0870 e. The molecule has 5 heteroatoms. The van der Waals surface area contributed by atoms with Crippen molar-refractivity contribution in [2.75, 3.05) is 40.0 Å². The first-order valence-electron chi connectivity index (χ1n) is 5.17. The van der Waals surface area contributed by atoms with Gasteiger partial charge in [0, 0.05) is 26.2 Å². The molecule has 2 N–H and O–H groups in total. The topological polar surface area (TPSA) is 47.7 Å². The number of ether oxygens (including phenoxy) is 2. The summed E-state index contributed by atoms with van der Waals surface area (Å²) in [5.41, 5.74) is 5.51. The lowest BCUT2D eigenvalue weighted by Gasteiger charge is -2.25. The molecule has 0 fully saturated rings. The van der Waals surface area contributed by atoms with Gasteiger partial charge in [0.25, 0.3) is 0 Å². The van der Waals surface area contributed by atoms with E-state index in [1.807, 2.05) is 0 Å². The van der Waals surface area contributed by atoms with E-state index in [0.29, 0.717) is 37.4 Å². The number of hydrogen-bond donors (Lipinski definition) is 1. The van der Waals surface area contributed by atoms with Crippen molar-refractivity contribution in [1.29, 1.82) is 0 Å². The summed E-state index contributed by atoms with van der Waals surface area (Å²) in [5.74, 6) is 0. The summed E-state index contributed by atoms with van der Waals surface area (Å²) < 4.78 is 10.3. The van der Waals surface area contributed by atoms with Crippen molar-refractivity contribution in [2.45, 2.75) is 19.9 Å². The summed E-state index contributed by atoms with van der Waals surface area (Å²) in [4.78, 5) is 2.72. The Bertz CT molecular complexity index is 177. The quantitative estimate of drug-likeness (QED) is 0.469. The third kappa shape index (κ3) is 8.74. The highest BCUT2D eigenvalue weighted by Crippen LogP contribution is 1.97. The Labute approximate surface area is 97.7 Å². The van der Waals surface area contributed by atoms with Crippen molar-refractivity contribution in [1.82, 2.24) is 4.90 Å². The van der Waals surface area contributed by atoms with Gasteiger partial charge >= 0.3 is 0 Å². The lowest BCUT2D eigenvalue weighted by atomic mass is 10.3. The predicted octanol–water partition coefficient (Wildman–Crippen LogP) is 0.646. The van der Waals surface area contributed by atoms with Crippen LogP contribution < -0.4 is 5.73 Å². The van der Waals surface area contributed by atoms with Crippen LogP contribution in [0.15, 0.2) is 0 Å². The largest absolute Gasteiger partial charge is 0.392 e. The minimum atomic E-state index is 0.428. The molecular weight excluding hydrogens is 212 g/mol. The van der Waals surface area contributed by atoms with Crippen LogP contribution >= 0.6 is 12.2 Å². The van der Waals surface area contributed by atoms with E-state index in [9.17, 15) is 0 Å².